The van der Waals surface area contributed by atoms with E-state index >= 15 is 0 Å². The van der Waals surface area contributed by atoms with Crippen LogP contribution in [0.15, 0.2) is 54.6 Å². The van der Waals surface area contributed by atoms with Gasteiger partial charge >= 0.3 is 0 Å². The van der Waals surface area contributed by atoms with Gasteiger partial charge in [-0.2, -0.15) is 0 Å². The van der Waals surface area contributed by atoms with E-state index in [0.717, 1.165) is 17.0 Å². The van der Waals surface area contributed by atoms with Crippen molar-refractivity contribution in [2.75, 3.05) is 32.1 Å². The number of anilines is 1. The molecular weight excluding hydrogens is 340 g/mol. The summed E-state index contributed by atoms with van der Waals surface area (Å²) >= 11 is 0. The van der Waals surface area contributed by atoms with Gasteiger partial charge in [-0.25, -0.2) is 0 Å². The minimum atomic E-state index is -0.00122. The van der Waals surface area contributed by atoms with E-state index < -0.39 is 0 Å². The van der Waals surface area contributed by atoms with Crippen molar-refractivity contribution >= 4 is 24.0 Å². The lowest BCUT2D eigenvalue weighted by molar-refractivity contribution is -0.116. The standard InChI is InChI=1S/C19H24N2O3.ClH/c1-20-11-10-19(22)21-17-7-5-6-16(14-17)15-23-12-13-24-18-8-3-2-4-9-18;/h2-9,14,20H,10-13,15H2,1H3,(H,21,22);1H. The van der Waals surface area contributed by atoms with Crippen LogP contribution in [0.2, 0.25) is 0 Å². The third kappa shape index (κ3) is 8.54. The molecule has 2 aromatic rings. The van der Waals surface area contributed by atoms with Crippen LogP contribution in [-0.4, -0.2) is 32.7 Å². The van der Waals surface area contributed by atoms with Gasteiger partial charge in [-0.15, -0.1) is 12.4 Å². The molecule has 0 atom stereocenters. The predicted molar refractivity (Wildman–Crippen MR) is 102 cm³/mol. The van der Waals surface area contributed by atoms with Crippen molar-refractivity contribution in [3.63, 3.8) is 0 Å². The number of amides is 1. The maximum absolute atomic E-state index is 11.7. The first-order valence-electron chi connectivity index (χ1n) is 8.07. The van der Waals surface area contributed by atoms with Gasteiger partial charge in [0.2, 0.25) is 5.91 Å². The molecule has 2 rings (SSSR count). The van der Waals surface area contributed by atoms with Gasteiger partial charge in [0.1, 0.15) is 12.4 Å². The van der Waals surface area contributed by atoms with Crippen LogP contribution in [0.4, 0.5) is 5.69 Å². The fraction of sp³-hybridized carbons (Fsp3) is 0.316. The second-order valence-electron chi connectivity index (χ2n) is 5.32. The molecule has 0 radical (unpaired) electrons. The largest absolute Gasteiger partial charge is 0.491 e. The molecule has 0 bridgehead atoms. The van der Waals surface area contributed by atoms with Crippen molar-refractivity contribution in [1.82, 2.24) is 5.32 Å². The van der Waals surface area contributed by atoms with E-state index in [4.69, 9.17) is 9.47 Å². The van der Waals surface area contributed by atoms with Crippen LogP contribution in [0.3, 0.4) is 0 Å². The second-order valence-corrected chi connectivity index (χ2v) is 5.32. The van der Waals surface area contributed by atoms with Crippen LogP contribution >= 0.6 is 12.4 Å². The van der Waals surface area contributed by atoms with Crippen molar-refractivity contribution in [1.29, 1.82) is 0 Å². The lowest BCUT2D eigenvalue weighted by Crippen LogP contribution is -2.18. The van der Waals surface area contributed by atoms with Gasteiger partial charge in [-0.3, -0.25) is 4.79 Å². The number of benzene rings is 2. The zero-order chi connectivity index (χ0) is 17.0. The van der Waals surface area contributed by atoms with Crippen LogP contribution in [0.25, 0.3) is 0 Å². The quantitative estimate of drug-likeness (QED) is 0.635. The van der Waals surface area contributed by atoms with E-state index in [0.29, 0.717) is 32.8 Å². The number of hydrogen-bond donors (Lipinski definition) is 2. The molecule has 0 saturated carbocycles. The summed E-state index contributed by atoms with van der Waals surface area (Å²) in [6.07, 6.45) is 0.452. The van der Waals surface area contributed by atoms with E-state index in [1.807, 2.05) is 61.6 Å². The number of halogens is 1. The third-order valence-electron chi connectivity index (χ3n) is 3.32. The van der Waals surface area contributed by atoms with E-state index in [1.54, 1.807) is 0 Å². The highest BCUT2D eigenvalue weighted by atomic mass is 35.5. The molecule has 5 nitrogen and oxygen atoms in total. The Morgan fingerprint density at radius 3 is 2.60 bits per heavy atom. The Hall–Kier alpha value is -2.08. The summed E-state index contributed by atoms with van der Waals surface area (Å²) in [6, 6.07) is 17.3. The predicted octanol–water partition coefficient (Wildman–Crippen LogP) is 3.25. The van der Waals surface area contributed by atoms with Crippen LogP contribution in [0.5, 0.6) is 5.75 Å². The van der Waals surface area contributed by atoms with Crippen molar-refractivity contribution in [2.24, 2.45) is 0 Å². The molecular formula is C19H25ClN2O3. The highest BCUT2D eigenvalue weighted by Gasteiger charge is 2.02. The third-order valence-corrected chi connectivity index (χ3v) is 3.32. The number of hydrogen-bond acceptors (Lipinski definition) is 4. The zero-order valence-electron chi connectivity index (χ0n) is 14.4. The monoisotopic (exact) mass is 364 g/mol. The SMILES string of the molecule is CNCCC(=O)Nc1cccc(COCCOc2ccccc2)c1.Cl. The van der Waals surface area contributed by atoms with Gasteiger partial charge in [0.25, 0.3) is 0 Å². The van der Waals surface area contributed by atoms with Gasteiger partial charge in [0.15, 0.2) is 0 Å². The van der Waals surface area contributed by atoms with Crippen molar-refractivity contribution in [3.8, 4) is 5.75 Å². The summed E-state index contributed by atoms with van der Waals surface area (Å²) in [5.74, 6) is 0.839. The van der Waals surface area contributed by atoms with Crippen molar-refractivity contribution in [2.45, 2.75) is 13.0 Å². The summed E-state index contributed by atoms with van der Waals surface area (Å²) in [7, 11) is 1.83. The lowest BCUT2D eigenvalue weighted by Gasteiger charge is -2.09. The molecule has 136 valence electrons. The number of carbonyl (C=O) groups excluding carboxylic acids is 1. The number of ether oxygens (including phenoxy) is 2. The van der Waals surface area contributed by atoms with Crippen LogP contribution in [-0.2, 0) is 16.1 Å². The molecule has 0 aliphatic rings. The fourth-order valence-corrected chi connectivity index (χ4v) is 2.13. The van der Waals surface area contributed by atoms with E-state index in [-0.39, 0.29) is 18.3 Å². The van der Waals surface area contributed by atoms with Crippen LogP contribution in [0, 0.1) is 0 Å². The average Bonchev–Trinajstić information content (AvgIpc) is 2.61. The summed E-state index contributed by atoms with van der Waals surface area (Å²) < 4.78 is 11.2. The second kappa shape index (κ2) is 12.3. The Labute approximate surface area is 155 Å². The summed E-state index contributed by atoms with van der Waals surface area (Å²) in [5, 5.41) is 5.84. The molecule has 2 aromatic carbocycles. The Balaban J connectivity index is 0.00000312. The molecule has 0 fully saturated rings. The summed E-state index contributed by atoms with van der Waals surface area (Å²) in [4.78, 5) is 11.7. The molecule has 0 aromatic heterocycles. The number of rotatable bonds is 10. The van der Waals surface area contributed by atoms with Crippen LogP contribution < -0.4 is 15.4 Å². The Kier molecular flexibility index (Phi) is 10.3. The zero-order valence-corrected chi connectivity index (χ0v) is 15.2. The first kappa shape index (κ1) is 21.0. The topological polar surface area (TPSA) is 59.6 Å². The van der Waals surface area contributed by atoms with Gasteiger partial charge in [-0.05, 0) is 36.9 Å². The highest BCUT2D eigenvalue weighted by molar-refractivity contribution is 5.90. The first-order valence-corrected chi connectivity index (χ1v) is 8.07. The first-order chi connectivity index (χ1) is 11.8. The molecule has 0 unspecified atom stereocenters. The van der Waals surface area contributed by atoms with Crippen LogP contribution in [0.1, 0.15) is 12.0 Å². The molecule has 25 heavy (non-hydrogen) atoms. The van der Waals surface area contributed by atoms with Gasteiger partial charge in [-0.1, -0.05) is 30.3 Å². The molecule has 0 aliphatic heterocycles. The highest BCUT2D eigenvalue weighted by Crippen LogP contribution is 2.12. The van der Waals surface area contributed by atoms with E-state index in [2.05, 4.69) is 10.6 Å². The Morgan fingerprint density at radius 1 is 1.04 bits per heavy atom. The molecule has 0 aliphatic carbocycles. The van der Waals surface area contributed by atoms with Crippen molar-refractivity contribution in [3.05, 3.63) is 60.2 Å². The molecule has 0 heterocycles. The Bertz CT molecular complexity index is 623. The molecule has 1 amide bonds. The molecule has 2 N–H and O–H groups in total. The van der Waals surface area contributed by atoms with E-state index in [1.165, 1.54) is 0 Å². The molecule has 0 saturated heterocycles. The maximum Gasteiger partial charge on any atom is 0.225 e. The smallest absolute Gasteiger partial charge is 0.225 e. The van der Waals surface area contributed by atoms with Gasteiger partial charge in [0.05, 0.1) is 13.2 Å². The van der Waals surface area contributed by atoms with E-state index in [9.17, 15) is 4.79 Å². The normalized spacial score (nSPS) is 9.96. The number of nitrogens with one attached hydrogen (secondary N) is 2. The summed E-state index contributed by atoms with van der Waals surface area (Å²) in [5.41, 5.74) is 1.80. The Morgan fingerprint density at radius 2 is 1.84 bits per heavy atom. The lowest BCUT2D eigenvalue weighted by atomic mass is 10.2. The maximum atomic E-state index is 11.7. The minimum absolute atomic E-state index is 0. The average molecular weight is 365 g/mol. The molecule has 6 heteroatoms. The van der Waals surface area contributed by atoms with Crippen molar-refractivity contribution < 1.29 is 14.3 Å². The number of para-hydroxylation sites is 1. The van der Waals surface area contributed by atoms with Gasteiger partial charge < -0.3 is 20.1 Å². The summed E-state index contributed by atoms with van der Waals surface area (Å²) in [6.45, 7) is 2.16. The number of carbonyl (C=O) groups is 1. The molecule has 0 spiro atoms. The fourth-order valence-electron chi connectivity index (χ4n) is 2.13. The minimum Gasteiger partial charge on any atom is -0.491 e. The van der Waals surface area contributed by atoms with Gasteiger partial charge in [0, 0.05) is 18.7 Å².